The number of benzene rings is 1. The highest BCUT2D eigenvalue weighted by atomic mass is 16.2. The van der Waals surface area contributed by atoms with E-state index in [1.165, 1.54) is 24.8 Å². The zero-order valence-corrected chi connectivity index (χ0v) is 20.8. The van der Waals surface area contributed by atoms with E-state index in [2.05, 4.69) is 62.0 Å². The number of carbonyl (C=O) groups excluding carboxylic acids is 1. The van der Waals surface area contributed by atoms with Crippen LogP contribution in [0.25, 0.3) is 0 Å². The maximum atomic E-state index is 13.1. The lowest BCUT2D eigenvalue weighted by Crippen LogP contribution is -2.41. The van der Waals surface area contributed by atoms with Crippen LogP contribution < -0.4 is 15.1 Å². The van der Waals surface area contributed by atoms with Crippen molar-refractivity contribution in [3.8, 4) is 0 Å². The first kappa shape index (κ1) is 23.3. The Morgan fingerprint density at radius 2 is 1.70 bits per heavy atom. The summed E-state index contributed by atoms with van der Waals surface area (Å²) >= 11 is 0. The molecule has 7 heteroatoms. The molecule has 2 amide bonds. The lowest BCUT2D eigenvalue weighted by atomic mass is 10.0. The third kappa shape index (κ3) is 5.23. The van der Waals surface area contributed by atoms with Crippen LogP contribution in [0.15, 0.2) is 24.3 Å². The fourth-order valence-corrected chi connectivity index (χ4v) is 4.48. The Morgan fingerprint density at radius 1 is 1.00 bits per heavy atom. The van der Waals surface area contributed by atoms with E-state index in [0.29, 0.717) is 25.0 Å². The first-order valence-corrected chi connectivity index (χ1v) is 12.4. The van der Waals surface area contributed by atoms with Crippen LogP contribution in [0.2, 0.25) is 0 Å². The molecule has 0 bridgehead atoms. The number of aromatic nitrogens is 2. The fourth-order valence-electron chi connectivity index (χ4n) is 4.48. The average Bonchev–Trinajstić information content (AvgIpc) is 2.83. The second-order valence-corrected chi connectivity index (χ2v) is 9.90. The molecule has 178 valence electrons. The van der Waals surface area contributed by atoms with Gasteiger partial charge in [0.1, 0.15) is 5.82 Å². The topological polar surface area (TPSA) is 64.6 Å². The van der Waals surface area contributed by atoms with Gasteiger partial charge in [0.2, 0.25) is 5.95 Å². The maximum absolute atomic E-state index is 13.1. The number of amides is 2. The first-order valence-electron chi connectivity index (χ1n) is 12.4. The molecule has 33 heavy (non-hydrogen) atoms. The molecule has 0 aliphatic carbocycles. The highest BCUT2D eigenvalue weighted by Gasteiger charge is 2.29. The standard InChI is InChI=1S/C26H38N6O/c1-18(2)20-9-11-21(12-10-20)27-26(33)32-16-13-23-22(17-32)24(30(5)19(3)4)29-25(28-23)31-14-7-6-8-15-31/h9-12,18-19H,6-8,13-17H2,1-5H3,(H,27,33). The lowest BCUT2D eigenvalue weighted by Gasteiger charge is -2.35. The van der Waals surface area contributed by atoms with Gasteiger partial charge in [-0.05, 0) is 56.7 Å². The smallest absolute Gasteiger partial charge is 0.322 e. The summed E-state index contributed by atoms with van der Waals surface area (Å²) < 4.78 is 0. The van der Waals surface area contributed by atoms with Crippen LogP contribution in [-0.2, 0) is 13.0 Å². The zero-order valence-electron chi connectivity index (χ0n) is 20.8. The van der Waals surface area contributed by atoms with E-state index in [0.717, 1.165) is 48.2 Å². The van der Waals surface area contributed by atoms with Crippen molar-refractivity contribution in [2.24, 2.45) is 0 Å². The maximum Gasteiger partial charge on any atom is 0.322 e. The van der Waals surface area contributed by atoms with Crippen LogP contribution in [0.4, 0.5) is 22.2 Å². The molecule has 2 aromatic rings. The summed E-state index contributed by atoms with van der Waals surface area (Å²) in [5, 5.41) is 3.07. The number of hydrogen-bond acceptors (Lipinski definition) is 5. The van der Waals surface area contributed by atoms with Gasteiger partial charge in [-0.15, -0.1) is 0 Å². The molecule has 4 rings (SSSR count). The molecule has 1 saturated heterocycles. The molecular weight excluding hydrogens is 412 g/mol. The Morgan fingerprint density at radius 3 is 2.33 bits per heavy atom. The van der Waals surface area contributed by atoms with Crippen LogP contribution >= 0.6 is 0 Å². The van der Waals surface area contributed by atoms with E-state index in [-0.39, 0.29) is 6.03 Å². The van der Waals surface area contributed by atoms with Crippen LogP contribution in [0, 0.1) is 0 Å². The molecule has 1 aromatic heterocycles. The van der Waals surface area contributed by atoms with E-state index in [1.807, 2.05) is 17.0 Å². The summed E-state index contributed by atoms with van der Waals surface area (Å²) in [6.07, 6.45) is 4.42. The SMILES string of the molecule is CC(C)c1ccc(NC(=O)N2CCc3nc(N4CCCCC4)nc(N(C)C(C)C)c3C2)cc1. The number of carbonyl (C=O) groups is 1. The van der Waals surface area contributed by atoms with Crippen molar-refractivity contribution in [3.63, 3.8) is 0 Å². The minimum atomic E-state index is -0.0730. The van der Waals surface area contributed by atoms with Crippen molar-refractivity contribution >= 4 is 23.5 Å². The second kappa shape index (κ2) is 9.98. The normalized spacial score (nSPS) is 16.2. The number of anilines is 3. The van der Waals surface area contributed by atoms with Gasteiger partial charge < -0.3 is 20.0 Å². The number of fused-ring (bicyclic) bond motifs is 1. The molecule has 0 atom stereocenters. The molecule has 1 fully saturated rings. The van der Waals surface area contributed by atoms with Crippen molar-refractivity contribution in [2.75, 3.05) is 41.8 Å². The quantitative estimate of drug-likeness (QED) is 0.693. The number of piperidine rings is 1. The van der Waals surface area contributed by atoms with Crippen LogP contribution in [-0.4, -0.2) is 53.6 Å². The highest BCUT2D eigenvalue weighted by Crippen LogP contribution is 2.30. The molecule has 2 aliphatic heterocycles. The minimum absolute atomic E-state index is 0.0730. The van der Waals surface area contributed by atoms with Gasteiger partial charge in [0.05, 0.1) is 12.2 Å². The van der Waals surface area contributed by atoms with E-state index in [4.69, 9.17) is 9.97 Å². The first-order chi connectivity index (χ1) is 15.8. The predicted molar refractivity (Wildman–Crippen MR) is 135 cm³/mol. The molecular formula is C26H38N6O. The van der Waals surface area contributed by atoms with E-state index in [9.17, 15) is 4.79 Å². The van der Waals surface area contributed by atoms with Crippen molar-refractivity contribution in [1.29, 1.82) is 0 Å². The Hall–Kier alpha value is -2.83. The fraction of sp³-hybridized carbons (Fsp3) is 0.577. The van der Waals surface area contributed by atoms with E-state index in [1.54, 1.807) is 0 Å². The Labute approximate surface area is 198 Å². The van der Waals surface area contributed by atoms with Gasteiger partial charge in [0.15, 0.2) is 0 Å². The van der Waals surface area contributed by atoms with Gasteiger partial charge in [0, 0.05) is 50.4 Å². The molecule has 0 radical (unpaired) electrons. The third-order valence-electron chi connectivity index (χ3n) is 6.89. The molecule has 2 aliphatic rings. The van der Waals surface area contributed by atoms with Crippen molar-refractivity contribution in [2.45, 2.75) is 71.9 Å². The summed E-state index contributed by atoms with van der Waals surface area (Å²) in [6, 6.07) is 8.36. The Balaban J connectivity index is 1.55. The van der Waals surface area contributed by atoms with Crippen LogP contribution in [0.5, 0.6) is 0 Å². The summed E-state index contributed by atoms with van der Waals surface area (Å²) in [4.78, 5) is 29.5. The summed E-state index contributed by atoms with van der Waals surface area (Å²) in [5.74, 6) is 2.27. The summed E-state index contributed by atoms with van der Waals surface area (Å²) in [5.41, 5.74) is 4.25. The number of urea groups is 1. The van der Waals surface area contributed by atoms with Crippen molar-refractivity contribution < 1.29 is 4.79 Å². The molecule has 1 aromatic carbocycles. The van der Waals surface area contributed by atoms with Crippen LogP contribution in [0.1, 0.15) is 69.7 Å². The molecule has 0 saturated carbocycles. The molecule has 7 nitrogen and oxygen atoms in total. The monoisotopic (exact) mass is 450 g/mol. The lowest BCUT2D eigenvalue weighted by molar-refractivity contribution is 0.206. The van der Waals surface area contributed by atoms with E-state index < -0.39 is 0 Å². The average molecular weight is 451 g/mol. The number of nitrogens with zero attached hydrogens (tertiary/aromatic N) is 5. The second-order valence-electron chi connectivity index (χ2n) is 9.90. The van der Waals surface area contributed by atoms with Gasteiger partial charge in [-0.1, -0.05) is 26.0 Å². The van der Waals surface area contributed by atoms with Crippen LogP contribution in [0.3, 0.4) is 0 Å². The van der Waals surface area contributed by atoms with E-state index >= 15 is 0 Å². The van der Waals surface area contributed by atoms with Gasteiger partial charge in [0.25, 0.3) is 0 Å². The van der Waals surface area contributed by atoms with Crippen molar-refractivity contribution in [1.82, 2.24) is 14.9 Å². The Bertz CT molecular complexity index is 965. The molecule has 0 unspecified atom stereocenters. The van der Waals surface area contributed by atoms with Gasteiger partial charge in [-0.2, -0.15) is 4.98 Å². The summed E-state index contributed by atoms with van der Waals surface area (Å²) in [7, 11) is 2.09. The third-order valence-corrected chi connectivity index (χ3v) is 6.89. The molecule has 3 heterocycles. The zero-order chi connectivity index (χ0) is 23.5. The predicted octanol–water partition coefficient (Wildman–Crippen LogP) is 5.03. The van der Waals surface area contributed by atoms with Gasteiger partial charge in [-0.25, -0.2) is 9.78 Å². The number of rotatable bonds is 5. The number of hydrogen-bond donors (Lipinski definition) is 1. The summed E-state index contributed by atoms with van der Waals surface area (Å²) in [6.45, 7) is 11.9. The molecule has 0 spiro atoms. The van der Waals surface area contributed by atoms with Crippen molar-refractivity contribution in [3.05, 3.63) is 41.1 Å². The Kier molecular flexibility index (Phi) is 7.05. The van der Waals surface area contributed by atoms with Gasteiger partial charge in [-0.3, -0.25) is 0 Å². The highest BCUT2D eigenvalue weighted by molar-refractivity contribution is 5.89. The van der Waals surface area contributed by atoms with Gasteiger partial charge >= 0.3 is 6.03 Å². The minimum Gasteiger partial charge on any atom is -0.357 e. The largest absolute Gasteiger partial charge is 0.357 e. The molecule has 1 N–H and O–H groups in total. The number of nitrogens with one attached hydrogen (secondary N) is 1.